The van der Waals surface area contributed by atoms with Crippen LogP contribution in [0.3, 0.4) is 0 Å². The van der Waals surface area contributed by atoms with E-state index in [4.69, 9.17) is 4.98 Å². The largest absolute Gasteiger partial charge is 0.353 e. The molecule has 1 amide bonds. The van der Waals surface area contributed by atoms with Gasteiger partial charge < -0.3 is 10.3 Å². The number of para-hydroxylation sites is 1. The lowest BCUT2D eigenvalue weighted by molar-refractivity contribution is -0.116. The SMILES string of the molecule is Cc1ccc2[nH]c(-c3ccc4ccccc4n3)c(CCCC(=O)Nc3ncccc3C)c2c1. The molecule has 0 saturated carbocycles. The summed E-state index contributed by atoms with van der Waals surface area (Å²) in [7, 11) is 0. The summed E-state index contributed by atoms with van der Waals surface area (Å²) in [6.45, 7) is 4.05. The molecule has 0 atom stereocenters. The number of aryl methyl sites for hydroxylation is 3. The van der Waals surface area contributed by atoms with E-state index in [9.17, 15) is 4.79 Å². The summed E-state index contributed by atoms with van der Waals surface area (Å²) >= 11 is 0. The molecule has 0 radical (unpaired) electrons. The molecular weight excluding hydrogens is 408 g/mol. The highest BCUT2D eigenvalue weighted by molar-refractivity contribution is 5.93. The fourth-order valence-corrected chi connectivity index (χ4v) is 4.28. The molecule has 3 aromatic heterocycles. The van der Waals surface area contributed by atoms with Crippen LogP contribution in [0.1, 0.15) is 29.5 Å². The number of benzene rings is 2. The minimum absolute atomic E-state index is 0.0156. The second-order valence-electron chi connectivity index (χ2n) is 8.49. The van der Waals surface area contributed by atoms with E-state index in [0.717, 1.165) is 46.2 Å². The third-order valence-electron chi connectivity index (χ3n) is 6.01. The van der Waals surface area contributed by atoms with Crippen molar-refractivity contribution in [3.63, 3.8) is 0 Å². The van der Waals surface area contributed by atoms with Crippen molar-refractivity contribution in [1.82, 2.24) is 15.0 Å². The summed E-state index contributed by atoms with van der Waals surface area (Å²) in [5.41, 5.74) is 7.40. The highest BCUT2D eigenvalue weighted by Crippen LogP contribution is 2.32. The second-order valence-corrected chi connectivity index (χ2v) is 8.49. The molecule has 0 saturated heterocycles. The number of hydrogen-bond acceptors (Lipinski definition) is 3. The van der Waals surface area contributed by atoms with Crippen molar-refractivity contribution < 1.29 is 4.79 Å². The van der Waals surface area contributed by atoms with Crippen LogP contribution in [-0.4, -0.2) is 20.9 Å². The summed E-state index contributed by atoms with van der Waals surface area (Å²) in [4.78, 5) is 25.3. The number of nitrogens with zero attached hydrogens (tertiary/aromatic N) is 2. The lowest BCUT2D eigenvalue weighted by Crippen LogP contribution is -2.13. The highest BCUT2D eigenvalue weighted by atomic mass is 16.1. The Morgan fingerprint density at radius 1 is 1.00 bits per heavy atom. The zero-order chi connectivity index (χ0) is 22.8. The van der Waals surface area contributed by atoms with Crippen LogP contribution in [0, 0.1) is 13.8 Å². The number of aromatic amines is 1. The molecule has 3 heterocycles. The Balaban J connectivity index is 1.42. The normalized spacial score (nSPS) is 11.2. The molecule has 5 heteroatoms. The Labute approximate surface area is 192 Å². The van der Waals surface area contributed by atoms with Crippen LogP contribution in [0.25, 0.3) is 33.2 Å². The molecule has 0 aliphatic heterocycles. The molecular formula is C28H26N4O. The molecule has 0 spiro atoms. The van der Waals surface area contributed by atoms with Gasteiger partial charge in [-0.2, -0.15) is 0 Å². The number of rotatable bonds is 6. The molecule has 164 valence electrons. The molecule has 0 unspecified atom stereocenters. The first-order chi connectivity index (χ1) is 16.1. The average molecular weight is 435 g/mol. The number of hydrogen-bond donors (Lipinski definition) is 2. The molecule has 0 aliphatic carbocycles. The Bertz CT molecular complexity index is 1470. The standard InChI is InChI=1S/C28H26N4O/c1-18-12-14-24-22(17-18)21(9-5-11-26(33)32-28-19(2)7-6-16-29-28)27(31-24)25-15-13-20-8-3-4-10-23(20)30-25/h3-4,6-8,10,12-17,31H,5,9,11H2,1-2H3,(H,29,32,33). The Hall–Kier alpha value is -3.99. The number of carbonyl (C=O) groups excluding carboxylic acids is 1. The molecule has 0 fully saturated rings. The van der Waals surface area contributed by atoms with Crippen LogP contribution in [-0.2, 0) is 11.2 Å². The molecule has 0 aliphatic rings. The maximum absolute atomic E-state index is 12.5. The highest BCUT2D eigenvalue weighted by Gasteiger charge is 2.16. The average Bonchev–Trinajstić information content (AvgIpc) is 3.18. The van der Waals surface area contributed by atoms with Gasteiger partial charge in [-0.3, -0.25) is 4.79 Å². The summed E-state index contributed by atoms with van der Waals surface area (Å²) in [5.74, 6) is 0.615. The summed E-state index contributed by atoms with van der Waals surface area (Å²) in [6.07, 6.45) is 3.64. The number of carbonyl (C=O) groups is 1. The van der Waals surface area contributed by atoms with E-state index in [1.54, 1.807) is 6.20 Å². The molecule has 5 nitrogen and oxygen atoms in total. The van der Waals surface area contributed by atoms with Gasteiger partial charge in [-0.15, -0.1) is 0 Å². The van der Waals surface area contributed by atoms with Crippen LogP contribution in [0.15, 0.2) is 72.9 Å². The quantitative estimate of drug-likeness (QED) is 0.327. The molecule has 33 heavy (non-hydrogen) atoms. The number of aromatic nitrogens is 3. The van der Waals surface area contributed by atoms with Crippen LogP contribution in [0.4, 0.5) is 5.82 Å². The van der Waals surface area contributed by atoms with E-state index in [2.05, 4.69) is 58.6 Å². The minimum Gasteiger partial charge on any atom is -0.353 e. The predicted molar refractivity (Wildman–Crippen MR) is 134 cm³/mol. The Morgan fingerprint density at radius 3 is 2.76 bits per heavy atom. The van der Waals surface area contributed by atoms with Crippen LogP contribution < -0.4 is 5.32 Å². The summed E-state index contributed by atoms with van der Waals surface area (Å²) in [5, 5.41) is 5.25. The molecule has 5 rings (SSSR count). The van der Waals surface area contributed by atoms with Crippen molar-refractivity contribution in [2.45, 2.75) is 33.1 Å². The van der Waals surface area contributed by atoms with E-state index in [1.807, 2.05) is 37.3 Å². The van der Waals surface area contributed by atoms with Gasteiger partial charge in [0.15, 0.2) is 0 Å². The van der Waals surface area contributed by atoms with Crippen LogP contribution in [0.5, 0.6) is 0 Å². The summed E-state index contributed by atoms with van der Waals surface area (Å²) < 4.78 is 0. The lowest BCUT2D eigenvalue weighted by atomic mass is 10.0. The maximum Gasteiger partial charge on any atom is 0.225 e. The van der Waals surface area contributed by atoms with Crippen LogP contribution in [0.2, 0.25) is 0 Å². The first-order valence-electron chi connectivity index (χ1n) is 11.3. The number of anilines is 1. The number of fused-ring (bicyclic) bond motifs is 2. The van der Waals surface area contributed by atoms with Crippen molar-refractivity contribution in [3.05, 3.63) is 89.6 Å². The van der Waals surface area contributed by atoms with Crippen LogP contribution >= 0.6 is 0 Å². The van der Waals surface area contributed by atoms with Crippen molar-refractivity contribution in [2.75, 3.05) is 5.32 Å². The van der Waals surface area contributed by atoms with E-state index in [0.29, 0.717) is 12.2 Å². The van der Waals surface area contributed by atoms with Gasteiger partial charge in [0, 0.05) is 28.9 Å². The fraction of sp³-hybridized carbons (Fsp3) is 0.179. The van der Waals surface area contributed by atoms with Crippen molar-refractivity contribution in [3.8, 4) is 11.4 Å². The van der Waals surface area contributed by atoms with Crippen molar-refractivity contribution in [2.24, 2.45) is 0 Å². The van der Waals surface area contributed by atoms with Gasteiger partial charge in [-0.25, -0.2) is 9.97 Å². The number of nitrogens with one attached hydrogen (secondary N) is 2. The van der Waals surface area contributed by atoms with Gasteiger partial charge in [-0.05, 0) is 68.1 Å². The monoisotopic (exact) mass is 434 g/mol. The second kappa shape index (κ2) is 8.87. The van der Waals surface area contributed by atoms with Gasteiger partial charge in [-0.1, -0.05) is 42.0 Å². The zero-order valence-corrected chi connectivity index (χ0v) is 18.9. The molecule has 2 aromatic carbocycles. The smallest absolute Gasteiger partial charge is 0.225 e. The van der Waals surface area contributed by atoms with E-state index in [-0.39, 0.29) is 5.91 Å². The Kier molecular flexibility index (Phi) is 5.61. The van der Waals surface area contributed by atoms with Crippen molar-refractivity contribution in [1.29, 1.82) is 0 Å². The first-order valence-corrected chi connectivity index (χ1v) is 11.3. The van der Waals surface area contributed by atoms with Gasteiger partial charge in [0.25, 0.3) is 0 Å². The van der Waals surface area contributed by atoms with E-state index < -0.39 is 0 Å². The third kappa shape index (κ3) is 4.35. The fourth-order valence-electron chi connectivity index (χ4n) is 4.28. The van der Waals surface area contributed by atoms with Crippen molar-refractivity contribution >= 4 is 33.5 Å². The van der Waals surface area contributed by atoms with Gasteiger partial charge in [0.05, 0.1) is 16.9 Å². The Morgan fingerprint density at radius 2 is 1.88 bits per heavy atom. The topological polar surface area (TPSA) is 70.7 Å². The van der Waals surface area contributed by atoms with E-state index in [1.165, 1.54) is 16.5 Å². The predicted octanol–water partition coefficient (Wildman–Crippen LogP) is 6.36. The maximum atomic E-state index is 12.5. The number of H-pyrrole nitrogens is 1. The zero-order valence-electron chi connectivity index (χ0n) is 18.9. The molecule has 0 bridgehead atoms. The number of pyridine rings is 2. The van der Waals surface area contributed by atoms with Gasteiger partial charge in [0.2, 0.25) is 5.91 Å². The minimum atomic E-state index is -0.0156. The summed E-state index contributed by atoms with van der Waals surface area (Å²) in [6, 6.07) is 22.6. The van der Waals surface area contributed by atoms with E-state index >= 15 is 0 Å². The third-order valence-corrected chi connectivity index (χ3v) is 6.01. The molecule has 5 aromatic rings. The van der Waals surface area contributed by atoms with Gasteiger partial charge >= 0.3 is 0 Å². The first kappa shape index (κ1) is 20.9. The molecule has 2 N–H and O–H groups in total. The lowest BCUT2D eigenvalue weighted by Gasteiger charge is -2.08. The van der Waals surface area contributed by atoms with Gasteiger partial charge in [0.1, 0.15) is 5.82 Å². The number of amides is 1.